The maximum Gasteiger partial charge on any atom is 0.274 e. The second-order valence-electron chi connectivity index (χ2n) is 5.29. The Labute approximate surface area is 137 Å². The Morgan fingerprint density at radius 3 is 2.39 bits per heavy atom. The van der Waals surface area contributed by atoms with Gasteiger partial charge < -0.3 is 9.32 Å². The van der Waals surface area contributed by atoms with Crippen molar-refractivity contribution in [3.8, 4) is 0 Å². The zero-order valence-corrected chi connectivity index (χ0v) is 14.1. The molecule has 1 aromatic carbocycles. The Bertz CT molecular complexity index is 683. The molecule has 23 heavy (non-hydrogen) atoms. The van der Waals surface area contributed by atoms with Crippen LogP contribution in [0.15, 0.2) is 39.9 Å². The zero-order chi connectivity index (χ0) is 16.8. The van der Waals surface area contributed by atoms with E-state index >= 15 is 0 Å². The molecule has 1 amide bonds. The molecule has 0 aliphatic heterocycles. The molecule has 0 unspecified atom stereocenters. The minimum atomic E-state index is -0.268. The van der Waals surface area contributed by atoms with Gasteiger partial charge in [0.2, 0.25) is 0 Å². The minimum absolute atomic E-state index is 0.268. The number of carbonyl (C=O) groups is 1. The van der Waals surface area contributed by atoms with E-state index in [4.69, 9.17) is 4.42 Å². The quantitative estimate of drug-likeness (QED) is 0.656. The highest BCUT2D eigenvalue weighted by Gasteiger charge is 2.12. The summed E-state index contributed by atoms with van der Waals surface area (Å²) in [4.78, 5) is 14.3. The lowest BCUT2D eigenvalue weighted by Gasteiger charge is -2.20. The fourth-order valence-corrected chi connectivity index (χ4v) is 2.44. The van der Waals surface area contributed by atoms with E-state index in [9.17, 15) is 4.79 Å². The molecule has 0 aliphatic rings. The van der Waals surface area contributed by atoms with Gasteiger partial charge in [0.1, 0.15) is 11.5 Å². The van der Waals surface area contributed by atoms with Crippen molar-refractivity contribution in [2.45, 2.75) is 27.7 Å². The van der Waals surface area contributed by atoms with Gasteiger partial charge in [-0.1, -0.05) is 12.1 Å². The first-order valence-electron chi connectivity index (χ1n) is 7.80. The number of hydrogen-bond acceptors (Lipinski definition) is 4. The van der Waals surface area contributed by atoms with E-state index in [1.54, 1.807) is 19.2 Å². The predicted octanol–water partition coefficient (Wildman–Crippen LogP) is 3.51. The average Bonchev–Trinajstić information content (AvgIpc) is 2.88. The molecular formula is C18H23N3O2. The van der Waals surface area contributed by atoms with Crippen LogP contribution in [0.3, 0.4) is 0 Å². The number of benzene rings is 1. The average molecular weight is 313 g/mol. The van der Waals surface area contributed by atoms with Gasteiger partial charge in [-0.2, -0.15) is 5.10 Å². The van der Waals surface area contributed by atoms with Crippen LogP contribution in [0.1, 0.15) is 41.3 Å². The third-order valence-corrected chi connectivity index (χ3v) is 3.69. The summed E-state index contributed by atoms with van der Waals surface area (Å²) in [6.07, 6.45) is 1.63. The number of nitrogens with zero attached hydrogens (tertiary/aromatic N) is 2. The third kappa shape index (κ3) is 4.22. The summed E-state index contributed by atoms with van der Waals surface area (Å²) < 4.78 is 5.34. The van der Waals surface area contributed by atoms with Gasteiger partial charge in [0.15, 0.2) is 0 Å². The third-order valence-electron chi connectivity index (χ3n) is 3.69. The van der Waals surface area contributed by atoms with Crippen LogP contribution in [0, 0.1) is 13.8 Å². The van der Waals surface area contributed by atoms with E-state index in [1.807, 2.05) is 19.1 Å². The van der Waals surface area contributed by atoms with Crippen molar-refractivity contribution in [3.05, 3.63) is 53.0 Å². The van der Waals surface area contributed by atoms with E-state index in [0.717, 1.165) is 18.7 Å². The van der Waals surface area contributed by atoms with Gasteiger partial charge in [-0.25, -0.2) is 5.43 Å². The first-order valence-corrected chi connectivity index (χ1v) is 7.80. The van der Waals surface area contributed by atoms with Crippen molar-refractivity contribution < 1.29 is 9.21 Å². The monoisotopic (exact) mass is 313 g/mol. The van der Waals surface area contributed by atoms with E-state index < -0.39 is 0 Å². The maximum atomic E-state index is 12.0. The molecule has 1 heterocycles. The van der Waals surface area contributed by atoms with Crippen molar-refractivity contribution in [2.75, 3.05) is 18.0 Å². The topological polar surface area (TPSA) is 57.8 Å². The number of furan rings is 1. The van der Waals surface area contributed by atoms with Gasteiger partial charge in [0.25, 0.3) is 5.91 Å². The summed E-state index contributed by atoms with van der Waals surface area (Å²) in [5, 5.41) is 4.00. The lowest BCUT2D eigenvalue weighted by molar-refractivity contribution is 0.0953. The lowest BCUT2D eigenvalue weighted by Crippen LogP contribution is -2.21. The highest BCUT2D eigenvalue weighted by molar-refractivity contribution is 5.95. The second-order valence-corrected chi connectivity index (χ2v) is 5.29. The van der Waals surface area contributed by atoms with Crippen LogP contribution >= 0.6 is 0 Å². The standard InChI is InChI=1S/C18H23N3O2/c1-5-21(6-2)16-9-7-15(8-10-16)12-19-20-18(22)17-11-13(3)23-14(17)4/h7-12H,5-6H2,1-4H3,(H,20,22). The molecular weight excluding hydrogens is 290 g/mol. The van der Waals surface area contributed by atoms with Gasteiger partial charge in [-0.05, 0) is 51.5 Å². The van der Waals surface area contributed by atoms with Gasteiger partial charge in [0, 0.05) is 18.8 Å². The Morgan fingerprint density at radius 1 is 1.22 bits per heavy atom. The summed E-state index contributed by atoms with van der Waals surface area (Å²) in [5.41, 5.74) is 5.15. The number of nitrogens with one attached hydrogen (secondary N) is 1. The summed E-state index contributed by atoms with van der Waals surface area (Å²) >= 11 is 0. The Kier molecular flexibility index (Phi) is 5.57. The number of amides is 1. The van der Waals surface area contributed by atoms with Crippen LogP contribution in [-0.2, 0) is 0 Å². The lowest BCUT2D eigenvalue weighted by atomic mass is 10.2. The first kappa shape index (κ1) is 16.8. The fourth-order valence-electron chi connectivity index (χ4n) is 2.44. The molecule has 0 bridgehead atoms. The van der Waals surface area contributed by atoms with E-state index in [2.05, 4.69) is 41.4 Å². The molecule has 122 valence electrons. The fraction of sp³-hybridized carbons (Fsp3) is 0.333. The SMILES string of the molecule is CCN(CC)c1ccc(C=NNC(=O)c2cc(C)oc2C)cc1. The van der Waals surface area contributed by atoms with Crippen LogP contribution in [0.4, 0.5) is 5.69 Å². The summed E-state index contributed by atoms with van der Waals surface area (Å²) in [7, 11) is 0. The van der Waals surface area contributed by atoms with E-state index in [1.165, 1.54) is 5.69 Å². The van der Waals surface area contributed by atoms with Crippen molar-refractivity contribution in [1.82, 2.24) is 5.43 Å². The van der Waals surface area contributed by atoms with Crippen LogP contribution in [0.5, 0.6) is 0 Å². The minimum Gasteiger partial charge on any atom is -0.466 e. The first-order chi connectivity index (χ1) is 11.0. The predicted molar refractivity (Wildman–Crippen MR) is 93.2 cm³/mol. The number of carbonyl (C=O) groups excluding carboxylic acids is 1. The van der Waals surface area contributed by atoms with Crippen molar-refractivity contribution in [3.63, 3.8) is 0 Å². The molecule has 0 radical (unpaired) electrons. The molecule has 1 N–H and O–H groups in total. The van der Waals surface area contributed by atoms with Gasteiger partial charge in [0.05, 0.1) is 11.8 Å². The van der Waals surface area contributed by atoms with Crippen molar-refractivity contribution in [1.29, 1.82) is 0 Å². The Morgan fingerprint density at radius 2 is 1.87 bits per heavy atom. The molecule has 2 aromatic rings. The molecule has 0 atom stereocenters. The van der Waals surface area contributed by atoms with Crippen molar-refractivity contribution in [2.24, 2.45) is 5.10 Å². The molecule has 0 fully saturated rings. The second kappa shape index (κ2) is 7.63. The van der Waals surface area contributed by atoms with Crippen molar-refractivity contribution >= 4 is 17.8 Å². The number of hydrogen-bond donors (Lipinski definition) is 1. The van der Waals surface area contributed by atoms with Crippen LogP contribution in [-0.4, -0.2) is 25.2 Å². The molecule has 0 saturated carbocycles. The van der Waals surface area contributed by atoms with Crippen LogP contribution in [0.25, 0.3) is 0 Å². The zero-order valence-electron chi connectivity index (χ0n) is 14.1. The smallest absolute Gasteiger partial charge is 0.274 e. The molecule has 5 nitrogen and oxygen atoms in total. The summed E-state index contributed by atoms with van der Waals surface area (Å²) in [5.74, 6) is 1.04. The largest absolute Gasteiger partial charge is 0.466 e. The maximum absolute atomic E-state index is 12.0. The van der Waals surface area contributed by atoms with Gasteiger partial charge in [-0.3, -0.25) is 4.79 Å². The summed E-state index contributed by atoms with van der Waals surface area (Å²) in [6, 6.07) is 9.78. The molecule has 0 aliphatic carbocycles. The number of anilines is 1. The molecule has 2 rings (SSSR count). The number of rotatable bonds is 6. The normalized spacial score (nSPS) is 11.0. The highest BCUT2D eigenvalue weighted by atomic mass is 16.3. The Hall–Kier alpha value is -2.56. The summed E-state index contributed by atoms with van der Waals surface area (Å²) in [6.45, 7) is 9.79. The van der Waals surface area contributed by atoms with E-state index in [-0.39, 0.29) is 5.91 Å². The van der Waals surface area contributed by atoms with Gasteiger partial charge in [-0.15, -0.1) is 0 Å². The van der Waals surface area contributed by atoms with Crippen LogP contribution in [0.2, 0.25) is 0 Å². The Balaban J connectivity index is 1.98. The number of aryl methyl sites for hydroxylation is 2. The van der Waals surface area contributed by atoms with E-state index in [0.29, 0.717) is 17.1 Å². The van der Waals surface area contributed by atoms with Gasteiger partial charge >= 0.3 is 0 Å². The molecule has 0 spiro atoms. The highest BCUT2D eigenvalue weighted by Crippen LogP contribution is 2.14. The molecule has 0 saturated heterocycles. The number of hydrazone groups is 1. The molecule has 5 heteroatoms. The molecule has 1 aromatic heterocycles. The van der Waals surface area contributed by atoms with Crippen LogP contribution < -0.4 is 10.3 Å².